The van der Waals surface area contributed by atoms with E-state index in [2.05, 4.69) is 0 Å². The molecule has 0 aliphatic carbocycles. The van der Waals surface area contributed by atoms with Crippen LogP contribution in [0, 0.1) is 0 Å². The van der Waals surface area contributed by atoms with Gasteiger partial charge in [0.05, 0.1) is 20.2 Å². The molecule has 12 heteroatoms. The van der Waals surface area contributed by atoms with Gasteiger partial charge in [0, 0.05) is 10.0 Å². The highest BCUT2D eigenvalue weighted by atomic mass is 35.5. The van der Waals surface area contributed by atoms with Gasteiger partial charge in [0.15, 0.2) is 5.50 Å². The molecule has 0 saturated carbocycles. The number of halogens is 2. The Labute approximate surface area is 181 Å². The first kappa shape index (κ1) is 21.7. The summed E-state index contributed by atoms with van der Waals surface area (Å²) in [6.07, 6.45) is 0. The fourth-order valence-electron chi connectivity index (χ4n) is 2.61. The molecular weight excluding hydrogens is 434 g/mol. The number of nitrogens with two attached hydrogens (primary N) is 1. The number of carbonyl (C=O) groups excluding carboxylic acids is 1. The van der Waals surface area contributed by atoms with E-state index < -0.39 is 37.6 Å². The Kier molecular flexibility index (Phi) is 5.49. The highest BCUT2D eigenvalue weighted by Gasteiger charge is 2.50. The van der Waals surface area contributed by atoms with Crippen molar-refractivity contribution in [1.82, 2.24) is 0 Å². The first-order valence-corrected chi connectivity index (χ1v) is 10.1. The highest BCUT2D eigenvalue weighted by molar-refractivity contribution is 7.90. The third-order valence-corrected chi connectivity index (χ3v) is 6.05. The number of benzene rings is 2. The molecule has 3 rings (SSSR count). The molecule has 0 aromatic heterocycles. The van der Waals surface area contributed by atoms with Gasteiger partial charge < -0.3 is 14.7 Å². The predicted octanol–water partition coefficient (Wildman–Crippen LogP) is 1.54. The van der Waals surface area contributed by atoms with E-state index in [-0.39, 0.29) is 21.2 Å². The fraction of sp³-hybridized carbons (Fsp3) is 0.118. The number of ketones is 1. The van der Waals surface area contributed by atoms with E-state index in [0.717, 1.165) is 0 Å². The second kappa shape index (κ2) is 7.34. The minimum absolute atomic E-state index is 0.0196. The maximum atomic E-state index is 12.9. The smallest absolute Gasteiger partial charge is 0.302 e. The first-order valence-electron chi connectivity index (χ1n) is 7.95. The lowest BCUT2D eigenvalue weighted by atomic mass is 9.65. The van der Waals surface area contributed by atoms with Crippen LogP contribution < -0.4 is 5.73 Å². The molecule has 2 aromatic carbocycles. The summed E-state index contributed by atoms with van der Waals surface area (Å²) in [5.74, 6) is -2.61. The fourth-order valence-corrected chi connectivity index (χ4v) is 4.07. The molecule has 2 aromatic rings. The third-order valence-electron chi connectivity index (χ3n) is 4.16. The molecule has 6 radical (unpaired) electrons. The summed E-state index contributed by atoms with van der Waals surface area (Å²) in [5, 5.41) is 0.336. The van der Waals surface area contributed by atoms with Crippen molar-refractivity contribution in [3.05, 3.63) is 81.3 Å². The normalized spacial score (nSPS) is 19.9. The van der Waals surface area contributed by atoms with Crippen LogP contribution in [0.1, 0.15) is 11.1 Å². The van der Waals surface area contributed by atoms with Crippen molar-refractivity contribution in [1.29, 1.82) is 0 Å². The summed E-state index contributed by atoms with van der Waals surface area (Å²) in [7, 11) is 12.8. The Hall–Kier alpha value is -2.03. The van der Waals surface area contributed by atoms with E-state index in [0.29, 0.717) is 0 Å². The number of hydrogen-bond donors (Lipinski definition) is 1. The molecule has 0 saturated heterocycles. The van der Waals surface area contributed by atoms with Crippen LogP contribution in [0.3, 0.4) is 0 Å². The minimum Gasteiger partial charge on any atom is -0.467 e. The Balaban J connectivity index is 1.96. The zero-order valence-electron chi connectivity index (χ0n) is 14.6. The van der Waals surface area contributed by atoms with Crippen LogP contribution in [0.5, 0.6) is 0 Å². The van der Waals surface area contributed by atoms with Gasteiger partial charge in [0.2, 0.25) is 17.4 Å². The van der Waals surface area contributed by atoms with Gasteiger partial charge in [-0.2, -0.15) is 8.42 Å². The van der Waals surface area contributed by atoms with E-state index in [9.17, 15) is 13.2 Å². The van der Waals surface area contributed by atoms with E-state index in [1.54, 1.807) is 6.07 Å². The Bertz CT molecular complexity index is 1100. The standard InChI is InChI=1S/C17H10B3Cl2NO5S/c18-16(10-6-11(21)8-12(22)7-10)14(24)13(15(23)27-16)28-29(25,26)17(19,20)9-4-2-1-3-5-9/h1-8H,23H2/t16-/m1/s1. The third kappa shape index (κ3) is 3.76. The molecule has 6 nitrogen and oxygen atoms in total. The average molecular weight is 444 g/mol. The predicted molar refractivity (Wildman–Crippen MR) is 111 cm³/mol. The SMILES string of the molecule is [B]C([B])(c1ccccc1)S(=O)(=O)OC1=C(N)O[C@]([B])(c2cc(Cl)cc(Cl)c2)C1=O. The molecule has 1 heterocycles. The maximum Gasteiger partial charge on any atom is 0.302 e. The Morgan fingerprint density at radius 2 is 1.62 bits per heavy atom. The van der Waals surface area contributed by atoms with Crippen molar-refractivity contribution in [3.8, 4) is 0 Å². The molecule has 0 unspecified atom stereocenters. The molecule has 29 heavy (non-hydrogen) atoms. The van der Waals surface area contributed by atoms with E-state index >= 15 is 0 Å². The van der Waals surface area contributed by atoms with Gasteiger partial charge in [0.25, 0.3) is 0 Å². The number of Topliss-reactive ketones (excluding diaryl/α,β-unsaturated/α-hetero) is 1. The molecule has 0 amide bonds. The van der Waals surface area contributed by atoms with Crippen molar-refractivity contribution in [3.63, 3.8) is 0 Å². The largest absolute Gasteiger partial charge is 0.467 e. The van der Waals surface area contributed by atoms with Crippen molar-refractivity contribution in [2.45, 2.75) is 10.0 Å². The van der Waals surface area contributed by atoms with Crippen LogP contribution in [0.15, 0.2) is 60.2 Å². The maximum absolute atomic E-state index is 12.9. The van der Waals surface area contributed by atoms with Gasteiger partial charge >= 0.3 is 10.1 Å². The highest BCUT2D eigenvalue weighted by Crippen LogP contribution is 2.39. The lowest BCUT2D eigenvalue weighted by molar-refractivity contribution is -0.126. The van der Waals surface area contributed by atoms with Crippen LogP contribution in [-0.2, 0) is 33.9 Å². The molecule has 1 aliphatic heterocycles. The molecule has 142 valence electrons. The van der Waals surface area contributed by atoms with E-state index in [4.69, 9.17) is 61.4 Å². The molecule has 0 bridgehead atoms. The van der Waals surface area contributed by atoms with E-state index in [1.165, 1.54) is 42.5 Å². The quantitative estimate of drug-likeness (QED) is 0.556. The zero-order chi connectivity index (χ0) is 21.6. The summed E-state index contributed by atoms with van der Waals surface area (Å²) < 4.78 is 33.0. The van der Waals surface area contributed by atoms with Crippen molar-refractivity contribution < 1.29 is 22.1 Å². The molecule has 0 fully saturated rings. The van der Waals surface area contributed by atoms with Crippen molar-refractivity contribution in [2.75, 3.05) is 0 Å². The lowest BCUT2D eigenvalue weighted by Crippen LogP contribution is -2.40. The van der Waals surface area contributed by atoms with Gasteiger partial charge in [-0.05, 0) is 29.3 Å². The molecule has 0 spiro atoms. The number of rotatable bonds is 5. The Morgan fingerprint density at radius 1 is 1.07 bits per heavy atom. The summed E-state index contributed by atoms with van der Waals surface area (Å²) in [6.45, 7) is 0. The van der Waals surface area contributed by atoms with Gasteiger partial charge in [-0.15, -0.1) is 0 Å². The second-order valence-electron chi connectivity index (χ2n) is 6.21. The summed E-state index contributed by atoms with van der Waals surface area (Å²) in [5.41, 5.74) is 3.52. The second-order valence-corrected chi connectivity index (χ2v) is 8.84. The first-order chi connectivity index (χ1) is 13.4. The number of carbonyl (C=O) groups is 1. The molecule has 1 aliphatic rings. The monoisotopic (exact) mass is 443 g/mol. The van der Waals surface area contributed by atoms with Crippen LogP contribution in [-0.4, -0.2) is 37.7 Å². The molecule has 1 atom stereocenters. The zero-order valence-corrected chi connectivity index (χ0v) is 17.0. The molecule has 2 N–H and O–H groups in total. The number of ether oxygens (including phenoxy) is 1. The van der Waals surface area contributed by atoms with Crippen LogP contribution >= 0.6 is 23.2 Å². The summed E-state index contributed by atoms with van der Waals surface area (Å²) in [6, 6.07) is 11.5. The van der Waals surface area contributed by atoms with Crippen molar-refractivity contribution >= 4 is 62.6 Å². The average Bonchev–Trinajstić information content (AvgIpc) is 2.85. The number of hydrogen-bond acceptors (Lipinski definition) is 6. The van der Waals surface area contributed by atoms with Crippen molar-refractivity contribution in [2.24, 2.45) is 5.73 Å². The Morgan fingerprint density at radius 3 is 2.17 bits per heavy atom. The van der Waals surface area contributed by atoms with Gasteiger partial charge in [-0.25, -0.2) is 0 Å². The minimum atomic E-state index is -4.80. The van der Waals surface area contributed by atoms with Gasteiger partial charge in [-0.3, -0.25) is 4.79 Å². The topological polar surface area (TPSA) is 95.7 Å². The lowest BCUT2D eigenvalue weighted by Gasteiger charge is -2.26. The molecular formula is C17H10B3Cl2NO5S. The van der Waals surface area contributed by atoms with Crippen LogP contribution in [0.4, 0.5) is 0 Å². The van der Waals surface area contributed by atoms with Crippen LogP contribution in [0.25, 0.3) is 0 Å². The van der Waals surface area contributed by atoms with E-state index in [1.807, 2.05) is 0 Å². The van der Waals surface area contributed by atoms with Gasteiger partial charge in [-0.1, -0.05) is 53.5 Å². The summed E-state index contributed by atoms with van der Waals surface area (Å²) >= 11 is 11.9. The summed E-state index contributed by atoms with van der Waals surface area (Å²) in [4.78, 5) is 12.9. The van der Waals surface area contributed by atoms with Crippen LogP contribution in [0.2, 0.25) is 10.0 Å². The van der Waals surface area contributed by atoms with Gasteiger partial charge in [0.1, 0.15) is 7.85 Å².